The van der Waals surface area contributed by atoms with Gasteiger partial charge in [-0.15, -0.1) is 10.2 Å². The number of ether oxygens (including phenoxy) is 2. The molecule has 0 aliphatic carbocycles. The highest BCUT2D eigenvalue weighted by atomic mass is 79.9. The Bertz CT molecular complexity index is 1710. The van der Waals surface area contributed by atoms with Crippen LogP contribution < -0.4 is 10.1 Å². The van der Waals surface area contributed by atoms with Gasteiger partial charge < -0.3 is 14.8 Å². The van der Waals surface area contributed by atoms with Gasteiger partial charge in [0.15, 0.2) is 4.34 Å². The number of esters is 1. The van der Waals surface area contributed by atoms with Crippen molar-refractivity contribution in [1.29, 1.82) is 0 Å². The summed E-state index contributed by atoms with van der Waals surface area (Å²) in [4.78, 5) is 13.2. The first-order valence-electron chi connectivity index (χ1n) is 12.4. The van der Waals surface area contributed by atoms with Gasteiger partial charge in [-0.1, -0.05) is 98.7 Å². The van der Waals surface area contributed by atoms with Crippen molar-refractivity contribution in [3.63, 3.8) is 0 Å². The number of aromatic nitrogens is 6. The quantitative estimate of drug-likeness (QED) is 0.156. The van der Waals surface area contributed by atoms with Gasteiger partial charge in [-0.2, -0.15) is 4.68 Å². The molecule has 0 fully saturated rings. The lowest BCUT2D eigenvalue weighted by molar-refractivity contribution is -0.136. The van der Waals surface area contributed by atoms with Gasteiger partial charge in [0.25, 0.3) is 0 Å². The Kier molecular flexibility index (Phi) is 8.07. The van der Waals surface area contributed by atoms with Gasteiger partial charge in [-0.25, -0.2) is 4.79 Å². The van der Waals surface area contributed by atoms with Crippen LogP contribution in [0.15, 0.2) is 98.9 Å². The van der Waals surface area contributed by atoms with E-state index in [-0.39, 0.29) is 0 Å². The highest BCUT2D eigenvalue weighted by molar-refractivity contribution is 9.10. The van der Waals surface area contributed by atoms with E-state index in [9.17, 15) is 4.79 Å². The Hall–Kier alpha value is -4.07. The highest BCUT2D eigenvalue weighted by Gasteiger charge is 2.36. The maximum Gasteiger partial charge on any atom is 0.338 e. The van der Waals surface area contributed by atoms with E-state index < -0.39 is 12.0 Å². The number of benzene rings is 3. The normalized spacial score (nSPS) is 14.3. The molecule has 0 saturated carbocycles. The van der Waals surface area contributed by atoms with Crippen LogP contribution in [0, 0.1) is 0 Å². The summed E-state index contributed by atoms with van der Waals surface area (Å²) in [7, 11) is 1.36. The zero-order valence-electron chi connectivity index (χ0n) is 21.6. The topological polar surface area (TPSA) is 117 Å². The van der Waals surface area contributed by atoms with Crippen LogP contribution in [0.4, 0.5) is 5.95 Å². The van der Waals surface area contributed by atoms with Crippen molar-refractivity contribution < 1.29 is 14.3 Å². The van der Waals surface area contributed by atoms with E-state index in [1.54, 1.807) is 4.68 Å². The van der Waals surface area contributed by atoms with Crippen LogP contribution in [0.5, 0.6) is 5.75 Å². The van der Waals surface area contributed by atoms with Crippen molar-refractivity contribution in [2.24, 2.45) is 0 Å². The molecule has 0 amide bonds. The zero-order valence-corrected chi connectivity index (χ0v) is 24.8. The predicted octanol–water partition coefficient (Wildman–Crippen LogP) is 5.77. The molecule has 41 heavy (non-hydrogen) atoms. The minimum absolute atomic E-state index is 0.408. The predicted molar refractivity (Wildman–Crippen MR) is 160 cm³/mol. The number of halogens is 1. The van der Waals surface area contributed by atoms with Crippen LogP contribution in [0.25, 0.3) is 10.6 Å². The van der Waals surface area contributed by atoms with Crippen LogP contribution in [-0.4, -0.2) is 49.2 Å². The van der Waals surface area contributed by atoms with E-state index in [1.165, 1.54) is 30.2 Å². The largest absolute Gasteiger partial charge is 0.489 e. The minimum atomic E-state index is -0.599. The Morgan fingerprint density at radius 2 is 1.88 bits per heavy atom. The molecule has 1 aliphatic rings. The van der Waals surface area contributed by atoms with Gasteiger partial charge in [0, 0.05) is 21.5 Å². The van der Waals surface area contributed by atoms with Crippen molar-refractivity contribution in [3.05, 3.63) is 106 Å². The number of hydrogen-bond acceptors (Lipinski definition) is 11. The van der Waals surface area contributed by atoms with E-state index in [2.05, 4.69) is 47.0 Å². The number of carbonyl (C=O) groups excluding carboxylic acids is 1. The lowest BCUT2D eigenvalue weighted by Crippen LogP contribution is -2.30. The van der Waals surface area contributed by atoms with Gasteiger partial charge in [0.1, 0.15) is 23.4 Å². The second kappa shape index (κ2) is 12.2. The Balaban J connectivity index is 1.26. The molecule has 206 valence electrons. The number of thioether (sulfide) groups is 1. The second-order valence-electron chi connectivity index (χ2n) is 8.87. The molecule has 0 bridgehead atoms. The average Bonchev–Trinajstić information content (AvgIpc) is 3.68. The number of anilines is 1. The molecule has 0 saturated heterocycles. The summed E-state index contributed by atoms with van der Waals surface area (Å²) in [6.45, 7) is 0.426. The fraction of sp³-hybridized carbons (Fsp3) is 0.143. The number of tetrazole rings is 1. The monoisotopic (exact) mass is 647 g/mol. The van der Waals surface area contributed by atoms with Crippen molar-refractivity contribution in [3.8, 4) is 16.3 Å². The number of methoxy groups -OCH3 is 1. The molecule has 1 atom stereocenters. The van der Waals surface area contributed by atoms with E-state index in [0.29, 0.717) is 35.3 Å². The van der Waals surface area contributed by atoms with Gasteiger partial charge in [-0.05, 0) is 45.8 Å². The number of rotatable bonds is 9. The molecule has 10 nitrogen and oxygen atoms in total. The third-order valence-electron chi connectivity index (χ3n) is 6.26. The average molecular weight is 649 g/mol. The first kappa shape index (κ1) is 27.1. The second-order valence-corrected chi connectivity index (χ2v) is 12.0. The fourth-order valence-electron chi connectivity index (χ4n) is 4.35. The number of fused-ring (bicyclic) bond motifs is 1. The van der Waals surface area contributed by atoms with Crippen molar-refractivity contribution in [1.82, 2.24) is 30.4 Å². The molecule has 3 heterocycles. The Morgan fingerprint density at radius 3 is 2.66 bits per heavy atom. The molecule has 6 rings (SSSR count). The number of nitrogens with zero attached hydrogens (tertiary/aromatic N) is 6. The molecule has 5 aromatic rings. The fourth-order valence-corrected chi connectivity index (χ4v) is 6.62. The SMILES string of the molecule is COC(=O)C1=C(CSc2nnc(-c3ccccc3)s2)Nc2nnnn2C1c1ccc(OCc2cccc(Br)c2)cc1. The maximum absolute atomic E-state index is 13.2. The number of nitrogens with one attached hydrogen (secondary N) is 1. The van der Waals surface area contributed by atoms with Crippen molar-refractivity contribution in [2.45, 2.75) is 17.0 Å². The summed E-state index contributed by atoms with van der Waals surface area (Å²) in [6, 6.07) is 24.8. The van der Waals surface area contributed by atoms with Crippen LogP contribution in [-0.2, 0) is 16.1 Å². The van der Waals surface area contributed by atoms with E-state index in [4.69, 9.17) is 9.47 Å². The summed E-state index contributed by atoms with van der Waals surface area (Å²) >= 11 is 6.45. The zero-order chi connectivity index (χ0) is 28.2. The summed E-state index contributed by atoms with van der Waals surface area (Å²) < 4.78 is 14.5. The lowest BCUT2D eigenvalue weighted by atomic mass is 9.95. The molecule has 1 N–H and O–H groups in total. The van der Waals surface area contributed by atoms with E-state index in [0.717, 1.165) is 30.5 Å². The third-order valence-corrected chi connectivity index (χ3v) is 8.89. The summed E-state index contributed by atoms with van der Waals surface area (Å²) in [5.74, 6) is 1.06. The summed E-state index contributed by atoms with van der Waals surface area (Å²) in [6.07, 6.45) is 0. The summed E-state index contributed by atoms with van der Waals surface area (Å²) in [5.41, 5.74) is 3.91. The lowest BCUT2D eigenvalue weighted by Gasteiger charge is -2.28. The highest BCUT2D eigenvalue weighted by Crippen LogP contribution is 2.38. The molecule has 0 radical (unpaired) electrons. The number of carbonyl (C=O) groups is 1. The third kappa shape index (κ3) is 6.01. The van der Waals surface area contributed by atoms with Gasteiger partial charge >= 0.3 is 5.97 Å². The molecule has 0 spiro atoms. The first-order chi connectivity index (χ1) is 20.1. The summed E-state index contributed by atoms with van der Waals surface area (Å²) in [5, 5.41) is 24.8. The molecule has 3 aromatic carbocycles. The van der Waals surface area contributed by atoms with E-state index >= 15 is 0 Å². The molecule has 1 unspecified atom stereocenters. The van der Waals surface area contributed by atoms with Gasteiger partial charge in [0.05, 0.1) is 12.7 Å². The van der Waals surface area contributed by atoms with Gasteiger partial charge in [0.2, 0.25) is 5.95 Å². The van der Waals surface area contributed by atoms with Crippen LogP contribution in [0.2, 0.25) is 0 Å². The standard InChI is InChI=1S/C28H22BrN7O3S2/c1-38-26(37)23-22(16-40-28-33-31-25(41-28)19-7-3-2-4-8-19)30-27-32-34-35-36(27)24(23)18-10-12-21(13-11-18)39-15-17-6-5-9-20(29)14-17/h2-14,24H,15-16H2,1H3,(H,30,32,35). The molecular weight excluding hydrogens is 626 g/mol. The first-order valence-corrected chi connectivity index (χ1v) is 15.0. The molecule has 2 aromatic heterocycles. The molecular formula is C28H22BrN7O3S2. The number of hydrogen-bond donors (Lipinski definition) is 1. The van der Waals surface area contributed by atoms with E-state index in [1.807, 2.05) is 78.9 Å². The minimum Gasteiger partial charge on any atom is -0.489 e. The molecule has 13 heteroatoms. The smallest absolute Gasteiger partial charge is 0.338 e. The Morgan fingerprint density at radius 1 is 1.05 bits per heavy atom. The molecule has 1 aliphatic heterocycles. The van der Waals surface area contributed by atoms with Crippen molar-refractivity contribution in [2.75, 3.05) is 18.2 Å². The van der Waals surface area contributed by atoms with Crippen LogP contribution in [0.1, 0.15) is 17.2 Å². The Labute approximate surface area is 251 Å². The van der Waals surface area contributed by atoms with Gasteiger partial charge in [-0.3, -0.25) is 0 Å². The van der Waals surface area contributed by atoms with Crippen LogP contribution >= 0.6 is 39.0 Å². The maximum atomic E-state index is 13.2. The van der Waals surface area contributed by atoms with Crippen molar-refractivity contribution >= 4 is 50.9 Å². The van der Waals surface area contributed by atoms with Crippen LogP contribution in [0.3, 0.4) is 0 Å².